The van der Waals surface area contributed by atoms with E-state index >= 15 is 0 Å². The van der Waals surface area contributed by atoms with Gasteiger partial charge >= 0.3 is 6.03 Å². The van der Waals surface area contributed by atoms with Gasteiger partial charge in [0.2, 0.25) is 0 Å². The average molecular weight is 342 g/mol. The lowest BCUT2D eigenvalue weighted by Crippen LogP contribution is -2.54. The second kappa shape index (κ2) is 8.32. The van der Waals surface area contributed by atoms with E-state index in [4.69, 9.17) is 10.00 Å². The Morgan fingerprint density at radius 2 is 2.16 bits per heavy atom. The van der Waals surface area contributed by atoms with Crippen LogP contribution in [-0.4, -0.2) is 73.2 Å². The Labute approximate surface area is 149 Å². The summed E-state index contributed by atoms with van der Waals surface area (Å²) in [5.74, 6) is 0. The summed E-state index contributed by atoms with van der Waals surface area (Å²) in [6.07, 6.45) is 2.13. The van der Waals surface area contributed by atoms with Crippen molar-refractivity contribution in [2.75, 3.05) is 46.4 Å². The lowest BCUT2D eigenvalue weighted by Gasteiger charge is -2.40. The zero-order chi connectivity index (χ0) is 17.6. The molecular weight excluding hydrogens is 316 g/mol. The van der Waals surface area contributed by atoms with Crippen LogP contribution in [0, 0.1) is 11.3 Å². The van der Waals surface area contributed by atoms with Crippen molar-refractivity contribution >= 4 is 6.03 Å². The number of nitrogens with zero attached hydrogens (tertiary/aromatic N) is 4. The van der Waals surface area contributed by atoms with Crippen molar-refractivity contribution in [3.05, 3.63) is 35.4 Å². The fraction of sp³-hybridized carbons (Fsp3) is 0.579. The molecule has 134 valence electrons. The van der Waals surface area contributed by atoms with E-state index < -0.39 is 0 Å². The lowest BCUT2D eigenvalue weighted by atomic mass is 10.0. The van der Waals surface area contributed by atoms with Crippen molar-refractivity contribution in [1.82, 2.24) is 14.7 Å². The third-order valence-corrected chi connectivity index (χ3v) is 5.07. The van der Waals surface area contributed by atoms with Gasteiger partial charge in [-0.15, -0.1) is 0 Å². The molecule has 1 unspecified atom stereocenters. The van der Waals surface area contributed by atoms with E-state index in [1.54, 1.807) is 0 Å². The molecule has 6 nitrogen and oxygen atoms in total. The second-order valence-electron chi connectivity index (χ2n) is 6.84. The molecule has 2 aliphatic heterocycles. The van der Waals surface area contributed by atoms with Gasteiger partial charge < -0.3 is 14.5 Å². The van der Waals surface area contributed by atoms with Gasteiger partial charge in [-0.3, -0.25) is 4.90 Å². The number of piperidine rings is 1. The number of morpholine rings is 1. The molecule has 0 N–H and O–H groups in total. The third-order valence-electron chi connectivity index (χ3n) is 5.07. The number of carbonyl (C=O) groups excluding carboxylic acids is 1. The quantitative estimate of drug-likeness (QED) is 0.842. The number of ether oxygens (including phenoxy) is 1. The van der Waals surface area contributed by atoms with E-state index in [1.807, 2.05) is 35.0 Å². The smallest absolute Gasteiger partial charge is 0.320 e. The van der Waals surface area contributed by atoms with Crippen LogP contribution < -0.4 is 0 Å². The first-order valence-electron chi connectivity index (χ1n) is 8.98. The largest absolute Gasteiger partial charge is 0.378 e. The van der Waals surface area contributed by atoms with Crippen molar-refractivity contribution in [3.8, 4) is 6.07 Å². The van der Waals surface area contributed by atoms with Crippen molar-refractivity contribution in [2.24, 2.45) is 0 Å². The van der Waals surface area contributed by atoms with Crippen molar-refractivity contribution < 1.29 is 9.53 Å². The fourth-order valence-corrected chi connectivity index (χ4v) is 3.62. The molecular formula is C19H26N4O2. The first-order chi connectivity index (χ1) is 12.2. The van der Waals surface area contributed by atoms with Crippen molar-refractivity contribution in [3.63, 3.8) is 0 Å². The Morgan fingerprint density at radius 3 is 2.92 bits per heavy atom. The first kappa shape index (κ1) is 17.7. The van der Waals surface area contributed by atoms with Crippen LogP contribution in [0.3, 0.4) is 0 Å². The predicted octanol–water partition coefficient (Wildman–Crippen LogP) is 1.91. The summed E-state index contributed by atoms with van der Waals surface area (Å²) >= 11 is 0. The SMILES string of the molecule is CN(C(=O)N1CCOCC1)C1CCCN(Cc2cccc(C#N)c2)C1. The molecule has 1 aromatic carbocycles. The molecule has 0 saturated carbocycles. The van der Waals surface area contributed by atoms with Gasteiger partial charge in [0.05, 0.1) is 24.8 Å². The van der Waals surface area contributed by atoms with Gasteiger partial charge in [-0.25, -0.2) is 4.79 Å². The highest BCUT2D eigenvalue weighted by Gasteiger charge is 2.29. The Morgan fingerprint density at radius 1 is 1.36 bits per heavy atom. The van der Waals surface area contributed by atoms with Crippen LogP contribution in [0.15, 0.2) is 24.3 Å². The minimum atomic E-state index is 0.113. The molecule has 2 heterocycles. The Kier molecular flexibility index (Phi) is 5.90. The molecule has 3 rings (SSSR count). The van der Waals surface area contributed by atoms with E-state index in [0.717, 1.165) is 38.0 Å². The van der Waals surface area contributed by atoms with Gasteiger partial charge in [-0.1, -0.05) is 12.1 Å². The van der Waals surface area contributed by atoms with Crippen LogP contribution in [0.1, 0.15) is 24.0 Å². The maximum Gasteiger partial charge on any atom is 0.320 e. The summed E-state index contributed by atoms with van der Waals surface area (Å²) in [6, 6.07) is 10.3. The summed E-state index contributed by atoms with van der Waals surface area (Å²) in [7, 11) is 1.92. The van der Waals surface area contributed by atoms with Gasteiger partial charge in [-0.2, -0.15) is 5.26 Å². The number of urea groups is 1. The zero-order valence-corrected chi connectivity index (χ0v) is 14.9. The molecule has 0 aliphatic carbocycles. The molecule has 2 aliphatic rings. The molecule has 1 atom stereocenters. The maximum absolute atomic E-state index is 12.7. The van der Waals surface area contributed by atoms with Crippen LogP contribution in [0.25, 0.3) is 0 Å². The van der Waals surface area contributed by atoms with E-state index in [9.17, 15) is 4.79 Å². The summed E-state index contributed by atoms with van der Waals surface area (Å²) in [5, 5.41) is 9.05. The number of hydrogen-bond donors (Lipinski definition) is 0. The van der Waals surface area contributed by atoms with E-state index in [2.05, 4.69) is 17.0 Å². The van der Waals surface area contributed by atoms with E-state index in [1.165, 1.54) is 0 Å². The topological polar surface area (TPSA) is 59.8 Å². The number of benzene rings is 1. The molecule has 2 saturated heterocycles. The first-order valence-corrected chi connectivity index (χ1v) is 8.98. The number of amides is 2. The number of nitriles is 1. The lowest BCUT2D eigenvalue weighted by molar-refractivity contribution is 0.0365. The highest BCUT2D eigenvalue weighted by molar-refractivity contribution is 5.74. The molecule has 0 aromatic heterocycles. The van der Waals surface area contributed by atoms with E-state index in [-0.39, 0.29) is 12.1 Å². The summed E-state index contributed by atoms with van der Waals surface area (Å²) in [5.41, 5.74) is 1.85. The van der Waals surface area contributed by atoms with Crippen LogP contribution in [0.2, 0.25) is 0 Å². The number of rotatable bonds is 3. The van der Waals surface area contributed by atoms with Gasteiger partial charge in [0.25, 0.3) is 0 Å². The van der Waals surface area contributed by atoms with Gasteiger partial charge in [0.1, 0.15) is 0 Å². The third kappa shape index (κ3) is 4.50. The van der Waals surface area contributed by atoms with Crippen LogP contribution in [0.5, 0.6) is 0 Å². The second-order valence-corrected chi connectivity index (χ2v) is 6.84. The van der Waals surface area contributed by atoms with Crippen LogP contribution in [-0.2, 0) is 11.3 Å². The van der Waals surface area contributed by atoms with Crippen molar-refractivity contribution in [2.45, 2.75) is 25.4 Å². The predicted molar refractivity (Wildman–Crippen MR) is 95.0 cm³/mol. The average Bonchev–Trinajstić information content (AvgIpc) is 2.68. The van der Waals surface area contributed by atoms with E-state index in [0.29, 0.717) is 31.9 Å². The minimum Gasteiger partial charge on any atom is -0.378 e. The number of hydrogen-bond acceptors (Lipinski definition) is 4. The molecule has 25 heavy (non-hydrogen) atoms. The number of likely N-dealkylation sites (N-methyl/N-ethyl adjacent to an activating group) is 1. The van der Waals surface area contributed by atoms with Gasteiger partial charge in [0, 0.05) is 39.3 Å². The normalized spacial score (nSPS) is 21.6. The summed E-state index contributed by atoms with van der Waals surface area (Å²) in [4.78, 5) is 18.9. The monoisotopic (exact) mass is 342 g/mol. The molecule has 0 radical (unpaired) electrons. The molecule has 1 aromatic rings. The molecule has 2 fully saturated rings. The van der Waals surface area contributed by atoms with Crippen LogP contribution >= 0.6 is 0 Å². The Balaban J connectivity index is 1.58. The van der Waals surface area contributed by atoms with Gasteiger partial charge in [-0.05, 0) is 37.1 Å². The molecule has 2 amide bonds. The highest BCUT2D eigenvalue weighted by atomic mass is 16.5. The Bertz CT molecular complexity index is 637. The summed E-state index contributed by atoms with van der Waals surface area (Å²) in [6.45, 7) is 5.36. The van der Waals surface area contributed by atoms with Crippen molar-refractivity contribution in [1.29, 1.82) is 5.26 Å². The number of likely N-dealkylation sites (tertiary alicyclic amines) is 1. The molecule has 0 bridgehead atoms. The standard InChI is InChI=1S/C19H26N4O2/c1-21(19(24)23-8-10-25-11-9-23)18-6-3-7-22(15-18)14-17-5-2-4-16(12-17)13-20/h2,4-5,12,18H,3,6-11,14-15H2,1H3. The van der Waals surface area contributed by atoms with Gasteiger partial charge in [0.15, 0.2) is 0 Å². The minimum absolute atomic E-state index is 0.113. The molecule has 0 spiro atoms. The fourth-order valence-electron chi connectivity index (χ4n) is 3.62. The number of carbonyl (C=O) groups is 1. The molecule has 6 heteroatoms. The maximum atomic E-state index is 12.7. The zero-order valence-electron chi connectivity index (χ0n) is 14.9. The highest BCUT2D eigenvalue weighted by Crippen LogP contribution is 2.19. The Hall–Kier alpha value is -2.10. The van der Waals surface area contributed by atoms with Crippen LogP contribution in [0.4, 0.5) is 4.79 Å². The summed E-state index contributed by atoms with van der Waals surface area (Å²) < 4.78 is 5.33.